The number of nitrogens with two attached hydrogens (primary N) is 2. The molecule has 0 saturated heterocycles. The molecular weight excluding hydrogens is 177 g/mol. The molecule has 4 N–H and O–H groups in total. The molecule has 0 bridgehead atoms. The van der Waals surface area contributed by atoms with Gasteiger partial charge in [0.15, 0.2) is 0 Å². The molecule has 0 heterocycles. The molecule has 0 unspecified atom stereocenters. The lowest BCUT2D eigenvalue weighted by Gasteiger charge is -2.18. The van der Waals surface area contributed by atoms with Crippen molar-refractivity contribution in [3.8, 4) is 0 Å². The normalized spacial score (nSPS) is 12.6. The summed E-state index contributed by atoms with van der Waals surface area (Å²) in [6.45, 7) is 0. The van der Waals surface area contributed by atoms with Crippen molar-refractivity contribution in [2.45, 2.75) is 0 Å². The van der Waals surface area contributed by atoms with Crippen molar-refractivity contribution in [1.29, 1.82) is 0 Å². The van der Waals surface area contributed by atoms with E-state index in [0.717, 1.165) is 0 Å². The highest BCUT2D eigenvalue weighted by Gasteiger charge is 2.18. The minimum atomic E-state index is -3.02. The highest BCUT2D eigenvalue weighted by molar-refractivity contribution is 8.17. The lowest BCUT2D eigenvalue weighted by Crippen LogP contribution is -2.16. The first-order valence-corrected chi connectivity index (χ1v) is 6.24. The second-order valence-electron chi connectivity index (χ2n) is 1.28. The van der Waals surface area contributed by atoms with Crippen molar-refractivity contribution in [3.05, 3.63) is 0 Å². The molecule has 0 aromatic rings. The molecule has 0 aromatic heterocycles. The van der Waals surface area contributed by atoms with Gasteiger partial charge < -0.3 is 0 Å². The molecule has 0 rings (SSSR count). The van der Waals surface area contributed by atoms with Crippen LogP contribution in [0.15, 0.2) is 0 Å². The third kappa shape index (κ3) is 3.50. The van der Waals surface area contributed by atoms with Gasteiger partial charge >= 0.3 is 0 Å². The van der Waals surface area contributed by atoms with Crippen molar-refractivity contribution < 1.29 is 4.57 Å². The Balaban J connectivity index is 3.96. The Morgan fingerprint density at radius 1 is 1.33 bits per heavy atom. The molecule has 0 spiro atoms. The van der Waals surface area contributed by atoms with Gasteiger partial charge in [-0.05, 0) is 12.5 Å². The van der Waals surface area contributed by atoms with Crippen LogP contribution in [0.4, 0.5) is 0 Å². The lowest BCUT2D eigenvalue weighted by atomic mass is 12.0. The van der Waals surface area contributed by atoms with Gasteiger partial charge in [-0.25, -0.2) is 0 Å². The van der Waals surface area contributed by atoms with Crippen LogP contribution in [0.1, 0.15) is 0 Å². The molecule has 0 aromatic carbocycles. The fourth-order valence-electron chi connectivity index (χ4n) is 0.330. The maximum absolute atomic E-state index is 10.8. The third-order valence-electron chi connectivity index (χ3n) is 0.568. The van der Waals surface area contributed by atoms with Crippen LogP contribution < -0.4 is 11.0 Å². The van der Waals surface area contributed by atoms with Crippen molar-refractivity contribution in [1.82, 2.24) is 3.48 Å². The number of nitrogens with zero attached hydrogens (tertiary/aromatic N) is 1. The fourth-order valence-corrected chi connectivity index (χ4v) is 2.97. The van der Waals surface area contributed by atoms with Crippen LogP contribution in [0, 0.1) is 0 Å². The Kier molecular flexibility index (Phi) is 4.20. The Morgan fingerprint density at radius 3 is 1.67 bits per heavy atom. The second kappa shape index (κ2) is 3.85. The zero-order valence-electron chi connectivity index (χ0n) is 5.27. The van der Waals surface area contributed by atoms with Crippen molar-refractivity contribution in [3.63, 3.8) is 0 Å². The summed E-state index contributed by atoms with van der Waals surface area (Å²) in [6.07, 6.45) is 3.53. The molecule has 7 heteroatoms. The summed E-state index contributed by atoms with van der Waals surface area (Å²) in [5, 5.41) is 0. The molecule has 0 radical (unpaired) electrons. The summed E-state index contributed by atoms with van der Waals surface area (Å²) >= 11 is 2.52. The third-order valence-corrected chi connectivity index (χ3v) is 5.11. The highest BCUT2D eigenvalue weighted by Crippen LogP contribution is 2.42. The van der Waals surface area contributed by atoms with E-state index in [4.69, 9.17) is 11.0 Å². The van der Waals surface area contributed by atoms with Gasteiger partial charge in [-0.3, -0.25) is 15.6 Å². The van der Waals surface area contributed by atoms with Crippen molar-refractivity contribution in [2.24, 2.45) is 11.0 Å². The minimum Gasteiger partial charge on any atom is -0.269 e. The van der Waals surface area contributed by atoms with E-state index in [1.165, 1.54) is 27.4 Å². The molecule has 0 aliphatic carbocycles. The Morgan fingerprint density at radius 2 is 1.67 bits per heavy atom. The largest absolute Gasteiger partial charge is 0.295 e. The van der Waals surface area contributed by atoms with E-state index in [0.29, 0.717) is 0 Å². The van der Waals surface area contributed by atoms with Crippen LogP contribution in [0.25, 0.3) is 0 Å². The minimum absolute atomic E-state index is 1.26. The molecule has 0 amide bonds. The molecule has 0 fully saturated rings. The van der Waals surface area contributed by atoms with Crippen LogP contribution in [0.5, 0.6) is 0 Å². The van der Waals surface area contributed by atoms with Gasteiger partial charge in [-0.2, -0.15) is 0 Å². The van der Waals surface area contributed by atoms with E-state index >= 15 is 0 Å². The van der Waals surface area contributed by atoms with Crippen molar-refractivity contribution in [2.75, 3.05) is 12.5 Å². The monoisotopic (exact) mass is 187 g/mol. The van der Waals surface area contributed by atoms with Crippen LogP contribution in [-0.2, 0) is 4.57 Å². The molecule has 9 heavy (non-hydrogen) atoms. The van der Waals surface area contributed by atoms with E-state index in [1.54, 1.807) is 12.5 Å². The average Bonchev–Trinajstić information content (AvgIpc) is 1.65. The first kappa shape index (κ1) is 9.81. The maximum atomic E-state index is 10.8. The maximum Gasteiger partial charge on any atom is 0.295 e. The van der Waals surface area contributed by atoms with Crippen LogP contribution in [-0.4, -0.2) is 16.0 Å². The fraction of sp³-hybridized carbons (Fsp3) is 1.00. The molecule has 56 valence electrons. The first-order chi connectivity index (χ1) is 4.02. The zero-order valence-corrected chi connectivity index (χ0v) is 7.80. The highest BCUT2D eigenvalue weighted by atomic mass is 32.2. The molecule has 0 saturated carbocycles. The summed E-state index contributed by atoms with van der Waals surface area (Å²) in [4.78, 5) is 0. The summed E-state index contributed by atoms with van der Waals surface area (Å²) in [5.41, 5.74) is 10.2. The van der Waals surface area contributed by atoms with E-state index < -0.39 is 7.59 Å². The van der Waals surface area contributed by atoms with Gasteiger partial charge in [-0.15, -0.1) is 3.48 Å². The molecule has 0 aliphatic heterocycles. The Labute approximate surface area is 63.5 Å². The summed E-state index contributed by atoms with van der Waals surface area (Å²) in [6, 6.07) is 0. The van der Waals surface area contributed by atoms with E-state index in [-0.39, 0.29) is 0 Å². The van der Waals surface area contributed by atoms with E-state index in [9.17, 15) is 4.57 Å². The Hall–Kier alpha value is 0.810. The number of rotatable bonds is 3. The first-order valence-electron chi connectivity index (χ1n) is 2.08. The number of hydrogen-bond acceptors (Lipinski definition) is 3. The predicted molar refractivity (Wildman–Crippen MR) is 44.9 cm³/mol. The van der Waals surface area contributed by atoms with Crippen molar-refractivity contribution >= 4 is 31.5 Å². The standard InChI is InChI=1S/C2H10N3OPS2/c1-8-5(9-2)7(3,4)6/h1-2H3,(H4,3,4,6). The molecule has 4 nitrogen and oxygen atoms in total. The summed E-state index contributed by atoms with van der Waals surface area (Å²) < 4.78 is 12.2. The molecule has 0 aliphatic rings. The van der Waals surface area contributed by atoms with Crippen LogP contribution in [0.3, 0.4) is 0 Å². The lowest BCUT2D eigenvalue weighted by molar-refractivity contribution is 0.567. The van der Waals surface area contributed by atoms with E-state index in [2.05, 4.69) is 0 Å². The van der Waals surface area contributed by atoms with Gasteiger partial charge in [0.2, 0.25) is 0 Å². The zero-order chi connectivity index (χ0) is 7.49. The average molecular weight is 187 g/mol. The topological polar surface area (TPSA) is 72.3 Å². The predicted octanol–water partition coefficient (Wildman–Crippen LogP) is 0.870. The van der Waals surface area contributed by atoms with Gasteiger partial charge in [-0.1, -0.05) is 23.9 Å². The smallest absolute Gasteiger partial charge is 0.269 e. The SMILES string of the molecule is CSN(SC)P(N)(N)=O. The van der Waals surface area contributed by atoms with Crippen LogP contribution >= 0.6 is 31.5 Å². The van der Waals surface area contributed by atoms with Gasteiger partial charge in [0.1, 0.15) is 0 Å². The van der Waals surface area contributed by atoms with E-state index in [1.807, 2.05) is 0 Å². The molecular formula is C2H10N3OPS2. The second-order valence-corrected chi connectivity index (χ2v) is 5.25. The Bertz CT molecular complexity index is 121. The van der Waals surface area contributed by atoms with Gasteiger partial charge in [0, 0.05) is 0 Å². The summed E-state index contributed by atoms with van der Waals surface area (Å²) in [7, 11) is -3.02. The molecule has 0 atom stereocenters. The van der Waals surface area contributed by atoms with Gasteiger partial charge in [0.25, 0.3) is 7.59 Å². The number of hydrogen-bond donors (Lipinski definition) is 2. The quantitative estimate of drug-likeness (QED) is 0.504. The van der Waals surface area contributed by atoms with Crippen LogP contribution in [0.2, 0.25) is 0 Å². The summed E-state index contributed by atoms with van der Waals surface area (Å²) in [5.74, 6) is 0. The van der Waals surface area contributed by atoms with Gasteiger partial charge in [0.05, 0.1) is 0 Å².